The minimum Gasteiger partial charge on any atom is -0.395 e. The summed E-state index contributed by atoms with van der Waals surface area (Å²) in [6.07, 6.45) is -3.46. The van der Waals surface area contributed by atoms with Gasteiger partial charge >= 0.3 is 6.18 Å². The molecule has 6 heteroatoms. The number of nitrogens with one attached hydrogen (secondary N) is 1. The van der Waals surface area contributed by atoms with Crippen LogP contribution in [0.2, 0.25) is 0 Å². The second-order valence-electron chi connectivity index (χ2n) is 4.71. The predicted molar refractivity (Wildman–Crippen MR) is 76.4 cm³/mol. The molecule has 0 unspecified atom stereocenters. The van der Waals surface area contributed by atoms with Crippen molar-refractivity contribution >= 4 is 5.71 Å². The Hall–Kier alpha value is -2.37. The minimum absolute atomic E-state index is 0.371. The molecular formula is C16H16F3N2O+. The maximum Gasteiger partial charge on any atom is 0.422 e. The summed E-state index contributed by atoms with van der Waals surface area (Å²) in [4.78, 5) is 7.71. The van der Waals surface area contributed by atoms with Crippen LogP contribution in [0.4, 0.5) is 13.2 Å². The molecule has 0 spiro atoms. The van der Waals surface area contributed by atoms with Crippen LogP contribution in [0.15, 0.2) is 47.8 Å². The fraction of sp³-hybridized carbons (Fsp3) is 0.250. The molecule has 1 aromatic carbocycles. The Bertz CT molecular complexity index is 647. The van der Waals surface area contributed by atoms with Crippen LogP contribution in [-0.4, -0.2) is 12.3 Å². The van der Waals surface area contributed by atoms with Crippen molar-refractivity contribution in [2.24, 2.45) is 5.16 Å². The van der Waals surface area contributed by atoms with E-state index in [1.165, 1.54) is 6.07 Å². The molecule has 1 N–H and O–H groups in total. The zero-order chi connectivity index (χ0) is 16.2. The van der Waals surface area contributed by atoms with Crippen molar-refractivity contribution in [2.75, 3.05) is 6.61 Å². The number of pyridine rings is 1. The second kappa shape index (κ2) is 6.60. The second-order valence-corrected chi connectivity index (χ2v) is 4.71. The number of rotatable bonds is 4. The lowest BCUT2D eigenvalue weighted by atomic mass is 10.0. The average molecular weight is 309 g/mol. The molecule has 1 aromatic heterocycles. The summed E-state index contributed by atoms with van der Waals surface area (Å²) >= 11 is 0. The summed E-state index contributed by atoms with van der Waals surface area (Å²) < 4.78 is 37.8. The number of aromatic nitrogens is 1. The molecule has 0 atom stereocenters. The zero-order valence-electron chi connectivity index (χ0n) is 12.2. The number of H-pyrrole nitrogens is 1. The summed E-state index contributed by atoms with van der Waals surface area (Å²) in [6, 6.07) is 9.86. The first-order valence-electron chi connectivity index (χ1n) is 6.78. The topological polar surface area (TPSA) is 35.7 Å². The monoisotopic (exact) mass is 309 g/mol. The maximum absolute atomic E-state index is 12.6. The SMILES string of the molecule is CCO/N=C(/c1ccc(C)cc1)c1ccc(C(F)(F)F)c[nH+]1. The first-order chi connectivity index (χ1) is 10.4. The highest BCUT2D eigenvalue weighted by Gasteiger charge is 2.33. The molecule has 0 saturated heterocycles. The number of aromatic amines is 1. The van der Waals surface area contributed by atoms with Crippen molar-refractivity contribution < 1.29 is 23.0 Å². The highest BCUT2D eigenvalue weighted by Crippen LogP contribution is 2.27. The Morgan fingerprint density at radius 1 is 1.14 bits per heavy atom. The largest absolute Gasteiger partial charge is 0.422 e. The smallest absolute Gasteiger partial charge is 0.395 e. The van der Waals surface area contributed by atoms with E-state index in [9.17, 15) is 13.2 Å². The van der Waals surface area contributed by atoms with E-state index in [1.807, 2.05) is 31.2 Å². The van der Waals surface area contributed by atoms with Gasteiger partial charge in [0.1, 0.15) is 12.2 Å². The minimum atomic E-state index is -4.38. The summed E-state index contributed by atoms with van der Waals surface area (Å²) in [7, 11) is 0. The van der Waals surface area contributed by atoms with Crippen LogP contribution in [0.5, 0.6) is 0 Å². The highest BCUT2D eigenvalue weighted by atomic mass is 19.4. The average Bonchev–Trinajstić information content (AvgIpc) is 2.49. The highest BCUT2D eigenvalue weighted by molar-refractivity contribution is 6.10. The molecule has 0 amide bonds. The maximum atomic E-state index is 12.6. The van der Waals surface area contributed by atoms with E-state index in [2.05, 4.69) is 10.1 Å². The molecule has 1 heterocycles. The molecule has 0 fully saturated rings. The molecule has 3 nitrogen and oxygen atoms in total. The Kier molecular flexibility index (Phi) is 4.80. The molecule has 0 bridgehead atoms. The first-order valence-corrected chi connectivity index (χ1v) is 6.78. The molecule has 0 aliphatic rings. The molecular weight excluding hydrogens is 293 g/mol. The zero-order valence-corrected chi connectivity index (χ0v) is 12.2. The van der Waals surface area contributed by atoms with E-state index in [1.54, 1.807) is 6.92 Å². The quantitative estimate of drug-likeness (QED) is 0.627. The van der Waals surface area contributed by atoms with E-state index < -0.39 is 11.7 Å². The fourth-order valence-corrected chi connectivity index (χ4v) is 1.85. The Morgan fingerprint density at radius 3 is 2.32 bits per heavy atom. The van der Waals surface area contributed by atoms with E-state index in [0.29, 0.717) is 18.0 Å². The summed E-state index contributed by atoms with van der Waals surface area (Å²) in [6.45, 7) is 4.11. The Morgan fingerprint density at radius 2 is 1.82 bits per heavy atom. The van der Waals surface area contributed by atoms with Crippen molar-refractivity contribution in [2.45, 2.75) is 20.0 Å². The van der Waals surface area contributed by atoms with Crippen molar-refractivity contribution in [3.63, 3.8) is 0 Å². The Balaban J connectivity index is 2.40. The summed E-state index contributed by atoms with van der Waals surface area (Å²) in [5.41, 5.74) is 2.00. The van der Waals surface area contributed by atoms with Gasteiger partial charge in [0.05, 0.1) is 0 Å². The number of benzene rings is 1. The van der Waals surface area contributed by atoms with Gasteiger partial charge in [-0.1, -0.05) is 35.0 Å². The third kappa shape index (κ3) is 3.84. The Labute approximate surface area is 126 Å². The lowest BCUT2D eigenvalue weighted by molar-refractivity contribution is -0.383. The van der Waals surface area contributed by atoms with E-state index in [4.69, 9.17) is 4.84 Å². The van der Waals surface area contributed by atoms with Crippen LogP contribution in [0, 0.1) is 6.92 Å². The third-order valence-electron chi connectivity index (χ3n) is 3.01. The number of hydrogen-bond acceptors (Lipinski definition) is 2. The molecule has 22 heavy (non-hydrogen) atoms. The number of aryl methyl sites for hydroxylation is 1. The lowest BCUT2D eigenvalue weighted by Crippen LogP contribution is -2.21. The number of alkyl halides is 3. The van der Waals surface area contributed by atoms with Crippen LogP contribution in [0.1, 0.15) is 29.3 Å². The third-order valence-corrected chi connectivity index (χ3v) is 3.01. The van der Waals surface area contributed by atoms with Gasteiger partial charge in [0.15, 0.2) is 11.9 Å². The molecule has 0 radical (unpaired) electrons. The van der Waals surface area contributed by atoms with Gasteiger partial charge in [0.2, 0.25) is 5.69 Å². The van der Waals surface area contributed by atoms with Crippen LogP contribution >= 0.6 is 0 Å². The van der Waals surface area contributed by atoms with Gasteiger partial charge in [-0.25, -0.2) is 4.98 Å². The van der Waals surface area contributed by atoms with E-state index >= 15 is 0 Å². The van der Waals surface area contributed by atoms with E-state index in [0.717, 1.165) is 23.4 Å². The van der Waals surface area contributed by atoms with Gasteiger partial charge in [-0.3, -0.25) is 0 Å². The van der Waals surface area contributed by atoms with Gasteiger partial charge in [-0.15, -0.1) is 0 Å². The van der Waals surface area contributed by atoms with Gasteiger partial charge in [-0.05, 0) is 19.9 Å². The molecule has 116 valence electrons. The fourth-order valence-electron chi connectivity index (χ4n) is 1.85. The van der Waals surface area contributed by atoms with Gasteiger partial charge in [0, 0.05) is 11.6 Å². The van der Waals surface area contributed by atoms with Gasteiger partial charge in [-0.2, -0.15) is 13.2 Å². The summed E-state index contributed by atoms with van der Waals surface area (Å²) in [5, 5.41) is 4.01. The van der Waals surface area contributed by atoms with Gasteiger partial charge < -0.3 is 4.84 Å². The number of nitrogens with zero attached hydrogens (tertiary/aromatic N) is 1. The number of halogens is 3. The molecule has 2 rings (SSSR count). The molecule has 0 aliphatic carbocycles. The van der Waals surface area contributed by atoms with Crippen LogP contribution in [-0.2, 0) is 11.0 Å². The molecule has 2 aromatic rings. The summed E-state index contributed by atoms with van der Waals surface area (Å²) in [5.74, 6) is 0. The van der Waals surface area contributed by atoms with Crippen molar-refractivity contribution in [1.82, 2.24) is 0 Å². The van der Waals surface area contributed by atoms with Gasteiger partial charge in [0.25, 0.3) is 0 Å². The predicted octanol–water partition coefficient (Wildman–Crippen LogP) is 3.62. The normalized spacial score (nSPS) is 12.3. The standard InChI is InChI=1S/C16H15F3N2O/c1-3-22-21-15(12-6-4-11(2)5-7-12)14-9-8-13(10-20-14)16(17,18)19/h4-10H,3H2,1-2H3/p+1/b21-15-. The molecule has 0 saturated carbocycles. The van der Waals surface area contributed by atoms with Crippen molar-refractivity contribution in [3.8, 4) is 0 Å². The van der Waals surface area contributed by atoms with Crippen molar-refractivity contribution in [3.05, 3.63) is 65.0 Å². The van der Waals surface area contributed by atoms with Crippen LogP contribution < -0.4 is 4.98 Å². The van der Waals surface area contributed by atoms with Crippen LogP contribution in [0.3, 0.4) is 0 Å². The molecule has 0 aliphatic heterocycles. The van der Waals surface area contributed by atoms with E-state index in [-0.39, 0.29) is 0 Å². The first kappa shape index (κ1) is 16.0. The lowest BCUT2D eigenvalue weighted by Gasteiger charge is -2.06. The van der Waals surface area contributed by atoms with Crippen LogP contribution in [0.25, 0.3) is 0 Å². The van der Waals surface area contributed by atoms with Crippen molar-refractivity contribution in [1.29, 1.82) is 0 Å². The number of hydrogen-bond donors (Lipinski definition) is 0. The number of oxime groups is 1.